The molecular weight excluding hydrogens is 319 g/mol. The van der Waals surface area contributed by atoms with Crippen molar-refractivity contribution < 1.29 is 27.9 Å². The zero-order chi connectivity index (χ0) is 13.9. The number of nitrogens with one attached hydrogen (secondary N) is 1. The van der Waals surface area contributed by atoms with Crippen LogP contribution in [0.1, 0.15) is 16.8 Å². The molecule has 0 aliphatic rings. The van der Waals surface area contributed by atoms with Crippen molar-refractivity contribution in [1.29, 1.82) is 0 Å². The summed E-state index contributed by atoms with van der Waals surface area (Å²) in [7, 11) is 0. The highest BCUT2D eigenvalue weighted by molar-refractivity contribution is 9.10. The number of aromatic carboxylic acids is 1. The van der Waals surface area contributed by atoms with Crippen LogP contribution in [0.2, 0.25) is 0 Å². The first-order chi connectivity index (χ1) is 8.19. The van der Waals surface area contributed by atoms with E-state index in [1.807, 2.05) is 5.32 Å². The molecule has 0 aliphatic carbocycles. The molecule has 4 nitrogen and oxygen atoms in total. The number of benzene rings is 1. The van der Waals surface area contributed by atoms with Crippen LogP contribution in [0.25, 0.3) is 0 Å². The molecular formula is C10H7BrF3NO3. The molecule has 1 aromatic rings. The van der Waals surface area contributed by atoms with E-state index < -0.39 is 24.5 Å². The SMILES string of the molecule is O=C(CC(F)(F)F)Nc1ccc(C(=O)O)cc1Br. The molecule has 0 heterocycles. The fourth-order valence-electron chi connectivity index (χ4n) is 1.13. The molecule has 1 amide bonds. The first-order valence-electron chi connectivity index (χ1n) is 4.58. The van der Waals surface area contributed by atoms with Crippen LogP contribution in [-0.4, -0.2) is 23.2 Å². The van der Waals surface area contributed by atoms with Crippen molar-refractivity contribution in [2.75, 3.05) is 5.32 Å². The van der Waals surface area contributed by atoms with Crippen LogP contribution < -0.4 is 5.32 Å². The highest BCUT2D eigenvalue weighted by Gasteiger charge is 2.31. The van der Waals surface area contributed by atoms with Gasteiger partial charge in [-0.05, 0) is 34.1 Å². The number of halogens is 4. The molecule has 0 unspecified atom stereocenters. The Labute approximate surface area is 108 Å². The topological polar surface area (TPSA) is 66.4 Å². The monoisotopic (exact) mass is 325 g/mol. The summed E-state index contributed by atoms with van der Waals surface area (Å²) < 4.78 is 36.0. The standard InChI is InChI=1S/C10H7BrF3NO3/c11-6-3-5(9(17)18)1-2-7(6)15-8(16)4-10(12,13)14/h1-3H,4H2,(H,15,16)(H,17,18). The molecule has 0 bridgehead atoms. The Balaban J connectivity index is 2.80. The second-order valence-electron chi connectivity index (χ2n) is 3.34. The van der Waals surface area contributed by atoms with Gasteiger partial charge in [0.25, 0.3) is 0 Å². The number of carbonyl (C=O) groups excluding carboxylic acids is 1. The Morgan fingerprint density at radius 1 is 1.33 bits per heavy atom. The highest BCUT2D eigenvalue weighted by atomic mass is 79.9. The number of carbonyl (C=O) groups is 2. The van der Waals surface area contributed by atoms with Gasteiger partial charge in [-0.25, -0.2) is 4.79 Å². The number of rotatable bonds is 3. The third-order valence-corrected chi connectivity index (χ3v) is 2.51. The summed E-state index contributed by atoms with van der Waals surface area (Å²) in [6, 6.07) is 3.57. The van der Waals surface area contributed by atoms with Gasteiger partial charge in [-0.3, -0.25) is 4.79 Å². The van der Waals surface area contributed by atoms with E-state index in [9.17, 15) is 22.8 Å². The van der Waals surface area contributed by atoms with Crippen molar-refractivity contribution in [1.82, 2.24) is 0 Å². The zero-order valence-electron chi connectivity index (χ0n) is 8.71. The maximum atomic E-state index is 11.9. The average Bonchev–Trinajstić information content (AvgIpc) is 2.17. The summed E-state index contributed by atoms with van der Waals surface area (Å²) in [5, 5.41) is 10.7. The van der Waals surface area contributed by atoms with Gasteiger partial charge in [-0.2, -0.15) is 13.2 Å². The third kappa shape index (κ3) is 4.36. The number of carboxylic acid groups (broad SMARTS) is 1. The van der Waals surface area contributed by atoms with Gasteiger partial charge in [0.1, 0.15) is 6.42 Å². The molecule has 1 aromatic carbocycles. The molecule has 0 saturated carbocycles. The van der Waals surface area contributed by atoms with Crippen LogP contribution in [0.4, 0.5) is 18.9 Å². The van der Waals surface area contributed by atoms with E-state index in [1.165, 1.54) is 18.2 Å². The Morgan fingerprint density at radius 3 is 2.39 bits per heavy atom. The van der Waals surface area contributed by atoms with E-state index in [0.717, 1.165) is 0 Å². The summed E-state index contributed by atoms with van der Waals surface area (Å²) in [4.78, 5) is 21.6. The molecule has 0 atom stereocenters. The molecule has 8 heteroatoms. The lowest BCUT2D eigenvalue weighted by molar-refractivity contribution is -0.150. The van der Waals surface area contributed by atoms with Crippen molar-refractivity contribution in [3.8, 4) is 0 Å². The van der Waals surface area contributed by atoms with Crippen LogP contribution in [0.3, 0.4) is 0 Å². The van der Waals surface area contributed by atoms with Gasteiger partial charge in [-0.15, -0.1) is 0 Å². The summed E-state index contributed by atoms with van der Waals surface area (Å²) in [5.74, 6) is -2.39. The van der Waals surface area contributed by atoms with Crippen molar-refractivity contribution in [3.63, 3.8) is 0 Å². The third-order valence-electron chi connectivity index (χ3n) is 1.85. The average molecular weight is 326 g/mol. The van der Waals surface area contributed by atoms with E-state index in [1.54, 1.807) is 0 Å². The number of hydrogen-bond donors (Lipinski definition) is 2. The quantitative estimate of drug-likeness (QED) is 0.897. The Bertz CT molecular complexity index is 488. The molecule has 0 spiro atoms. The van der Waals surface area contributed by atoms with Crippen molar-refractivity contribution in [2.24, 2.45) is 0 Å². The predicted octanol–water partition coefficient (Wildman–Crippen LogP) is 3.04. The van der Waals surface area contributed by atoms with Crippen LogP contribution in [0.15, 0.2) is 22.7 Å². The molecule has 0 saturated heterocycles. The molecule has 18 heavy (non-hydrogen) atoms. The number of carboxylic acids is 1. The normalized spacial score (nSPS) is 11.1. The number of anilines is 1. The van der Waals surface area contributed by atoms with E-state index in [4.69, 9.17) is 5.11 Å². The minimum Gasteiger partial charge on any atom is -0.478 e. The molecule has 0 aliphatic heterocycles. The Kier molecular flexibility index (Phi) is 4.33. The van der Waals surface area contributed by atoms with Crippen molar-refractivity contribution in [2.45, 2.75) is 12.6 Å². The van der Waals surface area contributed by atoms with E-state index in [0.29, 0.717) is 0 Å². The van der Waals surface area contributed by atoms with Gasteiger partial charge in [-0.1, -0.05) is 0 Å². The maximum Gasteiger partial charge on any atom is 0.397 e. The Morgan fingerprint density at radius 2 is 1.94 bits per heavy atom. The molecule has 0 aromatic heterocycles. The second kappa shape index (κ2) is 5.38. The summed E-state index contributed by atoms with van der Waals surface area (Å²) >= 11 is 2.96. The van der Waals surface area contributed by atoms with E-state index in [-0.39, 0.29) is 15.7 Å². The minimum absolute atomic E-state index is 0.0457. The predicted molar refractivity (Wildman–Crippen MR) is 60.4 cm³/mol. The lowest BCUT2D eigenvalue weighted by Gasteiger charge is -2.09. The van der Waals surface area contributed by atoms with Crippen molar-refractivity contribution >= 4 is 33.5 Å². The number of hydrogen-bond acceptors (Lipinski definition) is 2. The van der Waals surface area contributed by atoms with Crippen LogP contribution in [0, 0.1) is 0 Å². The summed E-state index contributed by atoms with van der Waals surface area (Å²) in [6.45, 7) is 0. The van der Waals surface area contributed by atoms with E-state index in [2.05, 4.69) is 15.9 Å². The van der Waals surface area contributed by atoms with Gasteiger partial charge in [0.2, 0.25) is 5.91 Å². The van der Waals surface area contributed by atoms with Crippen LogP contribution in [-0.2, 0) is 4.79 Å². The van der Waals surface area contributed by atoms with Crippen LogP contribution >= 0.6 is 15.9 Å². The molecule has 0 radical (unpaired) electrons. The lowest BCUT2D eigenvalue weighted by atomic mass is 10.2. The molecule has 98 valence electrons. The summed E-state index contributed by atoms with van der Waals surface area (Å²) in [5.41, 5.74) is 0.0324. The fraction of sp³-hybridized carbons (Fsp3) is 0.200. The summed E-state index contributed by atoms with van der Waals surface area (Å²) in [6.07, 6.45) is -6.18. The maximum absolute atomic E-state index is 11.9. The van der Waals surface area contributed by atoms with Gasteiger partial charge in [0.05, 0.1) is 11.3 Å². The second-order valence-corrected chi connectivity index (χ2v) is 4.19. The van der Waals surface area contributed by atoms with Crippen molar-refractivity contribution in [3.05, 3.63) is 28.2 Å². The highest BCUT2D eigenvalue weighted by Crippen LogP contribution is 2.25. The van der Waals surface area contributed by atoms with Gasteiger partial charge in [0, 0.05) is 4.47 Å². The number of amides is 1. The number of alkyl halides is 3. The first kappa shape index (κ1) is 14.5. The van der Waals surface area contributed by atoms with Gasteiger partial charge < -0.3 is 10.4 Å². The molecule has 0 fully saturated rings. The largest absolute Gasteiger partial charge is 0.478 e. The van der Waals surface area contributed by atoms with Crippen LogP contribution in [0.5, 0.6) is 0 Å². The fourth-order valence-corrected chi connectivity index (χ4v) is 1.60. The first-order valence-corrected chi connectivity index (χ1v) is 5.38. The molecule has 2 N–H and O–H groups in total. The zero-order valence-corrected chi connectivity index (χ0v) is 10.3. The Hall–Kier alpha value is -1.57. The smallest absolute Gasteiger partial charge is 0.397 e. The minimum atomic E-state index is -4.59. The molecule has 1 rings (SSSR count). The van der Waals surface area contributed by atoms with Gasteiger partial charge >= 0.3 is 12.1 Å². The van der Waals surface area contributed by atoms with Gasteiger partial charge in [0.15, 0.2) is 0 Å². The lowest BCUT2D eigenvalue weighted by Crippen LogP contribution is -2.21. The van der Waals surface area contributed by atoms with E-state index >= 15 is 0 Å².